The maximum Gasteiger partial charge on any atom is 0.297 e. The highest BCUT2D eigenvalue weighted by Crippen LogP contribution is 2.37. The van der Waals surface area contributed by atoms with E-state index in [1.54, 1.807) is 42.5 Å². The molecule has 2 heterocycles. The Morgan fingerprint density at radius 2 is 1.58 bits per heavy atom. The van der Waals surface area contributed by atoms with Crippen molar-refractivity contribution in [2.24, 2.45) is 0 Å². The zero-order valence-electron chi connectivity index (χ0n) is 20.9. The van der Waals surface area contributed by atoms with Crippen LogP contribution in [0.1, 0.15) is 27.8 Å². The van der Waals surface area contributed by atoms with Gasteiger partial charge in [0, 0.05) is 18.2 Å². The van der Waals surface area contributed by atoms with Gasteiger partial charge in [0.15, 0.2) is 12.6 Å². The van der Waals surface area contributed by atoms with E-state index >= 15 is 0 Å². The standard InChI is InChI=1S/C28H29NO8S/c1-18-13-15-21(16-14-18)38(31,32)37-25-23(29-26(30)19-9-5-3-6-10-19)28(33-2)35-22-17-34-27(36-24(22)25)20-11-7-4-8-12-20/h3-16,22-25,27-28H,17H2,1-2H3,(H,29,30)/t22-,23-,24-,25-,27?,28+/m1/s1. The number of carbonyl (C=O) groups is 1. The molecule has 38 heavy (non-hydrogen) atoms. The van der Waals surface area contributed by atoms with Crippen molar-refractivity contribution < 1.29 is 36.3 Å². The van der Waals surface area contributed by atoms with Crippen LogP contribution in [0.5, 0.6) is 0 Å². The summed E-state index contributed by atoms with van der Waals surface area (Å²) in [4.78, 5) is 13.1. The minimum absolute atomic E-state index is 0.0140. The van der Waals surface area contributed by atoms with Crippen LogP contribution < -0.4 is 5.32 Å². The summed E-state index contributed by atoms with van der Waals surface area (Å²) >= 11 is 0. The molecule has 10 heteroatoms. The summed E-state index contributed by atoms with van der Waals surface area (Å²) < 4.78 is 56.5. The number of ether oxygens (including phenoxy) is 4. The van der Waals surface area contributed by atoms with Crippen molar-refractivity contribution in [1.82, 2.24) is 5.32 Å². The number of carbonyl (C=O) groups excluding carboxylic acids is 1. The van der Waals surface area contributed by atoms with Crippen LogP contribution in [0.3, 0.4) is 0 Å². The zero-order valence-corrected chi connectivity index (χ0v) is 21.7. The molecule has 200 valence electrons. The molecule has 2 saturated heterocycles. The van der Waals surface area contributed by atoms with Crippen molar-refractivity contribution >= 4 is 16.0 Å². The Bertz CT molecular complexity index is 1330. The van der Waals surface area contributed by atoms with Crippen LogP contribution in [0.25, 0.3) is 0 Å². The average molecular weight is 540 g/mol. The normalized spacial score (nSPS) is 27.3. The summed E-state index contributed by atoms with van der Waals surface area (Å²) in [6.45, 7) is 1.96. The van der Waals surface area contributed by atoms with Crippen LogP contribution in [0.2, 0.25) is 0 Å². The smallest absolute Gasteiger partial charge is 0.297 e. The van der Waals surface area contributed by atoms with E-state index in [1.807, 2.05) is 37.3 Å². The first-order chi connectivity index (χ1) is 18.4. The van der Waals surface area contributed by atoms with Crippen molar-refractivity contribution in [3.63, 3.8) is 0 Å². The van der Waals surface area contributed by atoms with Gasteiger partial charge in [-0.3, -0.25) is 8.98 Å². The van der Waals surface area contributed by atoms with E-state index in [2.05, 4.69) is 5.32 Å². The lowest BCUT2D eigenvalue weighted by Crippen LogP contribution is -2.67. The fourth-order valence-corrected chi connectivity index (χ4v) is 5.65. The number of hydrogen-bond donors (Lipinski definition) is 1. The van der Waals surface area contributed by atoms with E-state index in [4.69, 9.17) is 23.1 Å². The van der Waals surface area contributed by atoms with Gasteiger partial charge >= 0.3 is 0 Å². The van der Waals surface area contributed by atoms with Crippen LogP contribution in [0.15, 0.2) is 89.8 Å². The Morgan fingerprint density at radius 1 is 0.921 bits per heavy atom. The van der Waals surface area contributed by atoms with E-state index in [0.29, 0.717) is 5.56 Å². The molecule has 2 aliphatic heterocycles. The minimum Gasteiger partial charge on any atom is -0.354 e. The fourth-order valence-electron chi connectivity index (χ4n) is 4.55. The molecule has 2 aliphatic rings. The van der Waals surface area contributed by atoms with Crippen molar-refractivity contribution in [3.05, 3.63) is 102 Å². The molecule has 1 N–H and O–H groups in total. The van der Waals surface area contributed by atoms with Gasteiger partial charge in [0.2, 0.25) is 0 Å². The maximum atomic E-state index is 13.4. The highest BCUT2D eigenvalue weighted by molar-refractivity contribution is 7.86. The third-order valence-corrected chi connectivity index (χ3v) is 7.85. The van der Waals surface area contributed by atoms with Gasteiger partial charge in [-0.15, -0.1) is 0 Å². The highest BCUT2D eigenvalue weighted by atomic mass is 32.2. The van der Waals surface area contributed by atoms with Gasteiger partial charge in [-0.05, 0) is 31.2 Å². The van der Waals surface area contributed by atoms with Gasteiger partial charge in [-0.1, -0.05) is 66.2 Å². The third-order valence-electron chi connectivity index (χ3n) is 6.52. The second kappa shape index (κ2) is 11.3. The molecule has 0 radical (unpaired) electrons. The van der Waals surface area contributed by atoms with Crippen LogP contribution in [0, 0.1) is 6.92 Å². The topological polar surface area (TPSA) is 109 Å². The summed E-state index contributed by atoms with van der Waals surface area (Å²) in [7, 11) is -2.85. The SMILES string of the molecule is CO[C@H]1O[C@@H]2COC(c3ccccc3)O[C@H]2[C@H](OS(=O)(=O)c2ccc(C)cc2)[C@H]1NC(=O)c1ccccc1. The fraction of sp³-hybridized carbons (Fsp3) is 0.321. The number of nitrogens with one attached hydrogen (secondary N) is 1. The monoisotopic (exact) mass is 539 g/mol. The Morgan fingerprint density at radius 3 is 2.24 bits per heavy atom. The lowest BCUT2D eigenvalue weighted by atomic mass is 9.95. The van der Waals surface area contributed by atoms with Crippen molar-refractivity contribution in [2.75, 3.05) is 13.7 Å². The van der Waals surface area contributed by atoms with Crippen LogP contribution in [0.4, 0.5) is 0 Å². The van der Waals surface area contributed by atoms with E-state index in [-0.39, 0.29) is 11.5 Å². The predicted molar refractivity (Wildman–Crippen MR) is 137 cm³/mol. The van der Waals surface area contributed by atoms with E-state index in [0.717, 1.165) is 11.1 Å². The van der Waals surface area contributed by atoms with Gasteiger partial charge in [-0.2, -0.15) is 8.42 Å². The number of benzene rings is 3. The largest absolute Gasteiger partial charge is 0.354 e. The number of aryl methyl sites for hydroxylation is 1. The lowest BCUT2D eigenvalue weighted by Gasteiger charge is -2.48. The van der Waals surface area contributed by atoms with Gasteiger partial charge in [-0.25, -0.2) is 0 Å². The van der Waals surface area contributed by atoms with Crippen molar-refractivity contribution in [2.45, 2.75) is 48.8 Å². The molecule has 0 bridgehead atoms. The molecule has 3 aromatic rings. The maximum absolute atomic E-state index is 13.4. The highest BCUT2D eigenvalue weighted by Gasteiger charge is 2.53. The first kappa shape index (κ1) is 26.5. The Labute approximate surface area is 221 Å². The zero-order chi connectivity index (χ0) is 26.7. The summed E-state index contributed by atoms with van der Waals surface area (Å²) in [5.74, 6) is -0.437. The summed E-state index contributed by atoms with van der Waals surface area (Å²) in [6.07, 6.45) is -4.60. The molecular weight excluding hydrogens is 510 g/mol. The molecule has 1 amide bonds. The van der Waals surface area contributed by atoms with Crippen LogP contribution >= 0.6 is 0 Å². The number of rotatable bonds is 7. The summed E-state index contributed by atoms with van der Waals surface area (Å²) in [5, 5.41) is 2.86. The molecule has 0 aromatic heterocycles. The number of amides is 1. The Kier molecular flexibility index (Phi) is 7.89. The summed E-state index contributed by atoms with van der Waals surface area (Å²) in [6, 6.07) is 23.1. The van der Waals surface area contributed by atoms with E-state index in [1.165, 1.54) is 19.2 Å². The molecule has 3 aromatic carbocycles. The molecular formula is C28H29NO8S. The van der Waals surface area contributed by atoms with Gasteiger partial charge in [0.25, 0.3) is 16.0 Å². The Balaban J connectivity index is 1.50. The van der Waals surface area contributed by atoms with E-state index < -0.39 is 53.0 Å². The predicted octanol–water partition coefficient (Wildman–Crippen LogP) is 3.35. The molecule has 0 spiro atoms. The van der Waals surface area contributed by atoms with Gasteiger partial charge < -0.3 is 24.3 Å². The average Bonchev–Trinajstić information content (AvgIpc) is 2.95. The molecule has 0 saturated carbocycles. The molecule has 6 atom stereocenters. The quantitative estimate of drug-likeness (QED) is 0.456. The molecule has 1 unspecified atom stereocenters. The molecule has 2 fully saturated rings. The van der Waals surface area contributed by atoms with Crippen LogP contribution in [-0.4, -0.2) is 58.7 Å². The van der Waals surface area contributed by atoms with Gasteiger partial charge in [0.1, 0.15) is 24.4 Å². The second-order valence-electron chi connectivity index (χ2n) is 9.15. The van der Waals surface area contributed by atoms with E-state index in [9.17, 15) is 13.2 Å². The first-order valence-corrected chi connectivity index (χ1v) is 13.6. The summed E-state index contributed by atoms with van der Waals surface area (Å²) in [5.41, 5.74) is 2.05. The Hall–Kier alpha value is -3.12. The second-order valence-corrected chi connectivity index (χ2v) is 10.7. The minimum atomic E-state index is -4.26. The molecule has 5 rings (SSSR count). The molecule has 0 aliphatic carbocycles. The molecule has 9 nitrogen and oxygen atoms in total. The lowest BCUT2D eigenvalue weighted by molar-refractivity contribution is -0.337. The first-order valence-electron chi connectivity index (χ1n) is 12.2. The van der Waals surface area contributed by atoms with Crippen LogP contribution in [-0.2, 0) is 33.2 Å². The number of fused-ring (bicyclic) bond motifs is 1. The number of methoxy groups -OCH3 is 1. The van der Waals surface area contributed by atoms with Gasteiger partial charge in [0.05, 0.1) is 11.5 Å². The third kappa shape index (κ3) is 5.65. The van der Waals surface area contributed by atoms with Crippen molar-refractivity contribution in [3.8, 4) is 0 Å². The van der Waals surface area contributed by atoms with Crippen molar-refractivity contribution in [1.29, 1.82) is 0 Å². The number of hydrogen-bond acceptors (Lipinski definition) is 8.